The molecule has 4 heteroatoms. The number of nitrogens with zero attached hydrogens (tertiary/aromatic N) is 1. The van der Waals surface area contributed by atoms with E-state index in [2.05, 4.69) is 24.1 Å². The van der Waals surface area contributed by atoms with Gasteiger partial charge in [0.2, 0.25) is 0 Å². The molecule has 1 heterocycles. The standard InChI is InChI=1S/C17H26N2O2/c1-3-9-19-10-7-14(8-11-19)13(2)18-16-6-4-5-15(12-16)17(20)21/h4-6,12-14,18H,3,7-11H2,1-2H3,(H,20,21). The van der Waals surface area contributed by atoms with Gasteiger partial charge in [0, 0.05) is 11.7 Å². The van der Waals surface area contributed by atoms with Crippen LogP contribution >= 0.6 is 0 Å². The van der Waals surface area contributed by atoms with Gasteiger partial charge in [-0.05, 0) is 69.9 Å². The van der Waals surface area contributed by atoms with Gasteiger partial charge in [-0.2, -0.15) is 0 Å². The summed E-state index contributed by atoms with van der Waals surface area (Å²) in [5.41, 5.74) is 1.24. The number of anilines is 1. The van der Waals surface area contributed by atoms with Crippen LogP contribution in [0.15, 0.2) is 24.3 Å². The Morgan fingerprint density at radius 1 is 1.43 bits per heavy atom. The largest absolute Gasteiger partial charge is 0.478 e. The summed E-state index contributed by atoms with van der Waals surface area (Å²) < 4.78 is 0. The number of nitrogens with one attached hydrogen (secondary N) is 1. The number of carboxylic acids is 1. The molecule has 1 atom stereocenters. The van der Waals surface area contributed by atoms with Crippen LogP contribution < -0.4 is 5.32 Å². The SMILES string of the molecule is CCCN1CCC(C(C)Nc2cccc(C(=O)O)c2)CC1. The summed E-state index contributed by atoms with van der Waals surface area (Å²) >= 11 is 0. The van der Waals surface area contributed by atoms with Gasteiger partial charge in [0.1, 0.15) is 0 Å². The second-order valence-corrected chi connectivity index (χ2v) is 6.00. The van der Waals surface area contributed by atoms with Crippen LogP contribution in [0.1, 0.15) is 43.5 Å². The molecule has 0 saturated carbocycles. The van der Waals surface area contributed by atoms with Crippen molar-refractivity contribution in [3.63, 3.8) is 0 Å². The predicted molar refractivity (Wildman–Crippen MR) is 85.9 cm³/mol. The van der Waals surface area contributed by atoms with Crippen LogP contribution in [0.2, 0.25) is 0 Å². The topological polar surface area (TPSA) is 52.6 Å². The molecule has 4 nitrogen and oxygen atoms in total. The Balaban J connectivity index is 1.88. The van der Waals surface area contributed by atoms with Crippen LogP contribution in [-0.4, -0.2) is 41.7 Å². The molecule has 21 heavy (non-hydrogen) atoms. The molecule has 0 bridgehead atoms. The highest BCUT2D eigenvalue weighted by Gasteiger charge is 2.23. The van der Waals surface area contributed by atoms with Crippen molar-refractivity contribution in [3.05, 3.63) is 29.8 Å². The normalized spacial score (nSPS) is 18.4. The zero-order valence-electron chi connectivity index (χ0n) is 13.0. The highest BCUT2D eigenvalue weighted by Crippen LogP contribution is 2.23. The van der Waals surface area contributed by atoms with Gasteiger partial charge in [0.05, 0.1) is 5.56 Å². The van der Waals surface area contributed by atoms with Crippen molar-refractivity contribution in [2.75, 3.05) is 25.0 Å². The first-order valence-corrected chi connectivity index (χ1v) is 7.92. The Bertz CT molecular complexity index is 468. The third-order valence-corrected chi connectivity index (χ3v) is 4.38. The number of carboxylic acid groups (broad SMARTS) is 1. The summed E-state index contributed by atoms with van der Waals surface area (Å²) in [6, 6.07) is 7.45. The minimum Gasteiger partial charge on any atom is -0.478 e. The molecule has 0 spiro atoms. The van der Waals surface area contributed by atoms with Gasteiger partial charge in [-0.1, -0.05) is 13.0 Å². The number of hydrogen-bond donors (Lipinski definition) is 2. The average Bonchev–Trinajstić information content (AvgIpc) is 2.48. The number of piperidine rings is 1. The smallest absolute Gasteiger partial charge is 0.335 e. The van der Waals surface area contributed by atoms with Gasteiger partial charge in [-0.25, -0.2) is 4.79 Å². The second-order valence-electron chi connectivity index (χ2n) is 6.00. The maximum atomic E-state index is 11.0. The van der Waals surface area contributed by atoms with E-state index in [1.807, 2.05) is 6.07 Å². The van der Waals surface area contributed by atoms with Crippen LogP contribution in [0.5, 0.6) is 0 Å². The molecular formula is C17H26N2O2. The Morgan fingerprint density at radius 2 is 2.14 bits per heavy atom. The molecule has 1 aromatic carbocycles. The van der Waals surface area contributed by atoms with Gasteiger partial charge in [-0.3, -0.25) is 0 Å². The summed E-state index contributed by atoms with van der Waals surface area (Å²) in [4.78, 5) is 13.5. The molecule has 1 unspecified atom stereocenters. The molecule has 0 aromatic heterocycles. The molecule has 0 aliphatic carbocycles. The molecule has 1 aromatic rings. The van der Waals surface area contributed by atoms with E-state index >= 15 is 0 Å². The number of aromatic carboxylic acids is 1. The van der Waals surface area contributed by atoms with Crippen molar-refractivity contribution < 1.29 is 9.90 Å². The fourth-order valence-corrected chi connectivity index (χ4v) is 3.12. The average molecular weight is 290 g/mol. The van der Waals surface area contributed by atoms with Crippen LogP contribution in [-0.2, 0) is 0 Å². The Labute approximate surface area is 127 Å². The predicted octanol–water partition coefficient (Wildman–Crippen LogP) is 3.31. The van der Waals surface area contributed by atoms with E-state index in [1.54, 1.807) is 18.2 Å². The van der Waals surface area contributed by atoms with E-state index in [9.17, 15) is 4.79 Å². The highest BCUT2D eigenvalue weighted by molar-refractivity contribution is 5.88. The van der Waals surface area contributed by atoms with Gasteiger partial charge < -0.3 is 15.3 Å². The molecule has 0 radical (unpaired) electrons. The number of likely N-dealkylation sites (tertiary alicyclic amines) is 1. The Hall–Kier alpha value is -1.55. The maximum Gasteiger partial charge on any atom is 0.335 e. The van der Waals surface area contributed by atoms with Crippen molar-refractivity contribution >= 4 is 11.7 Å². The lowest BCUT2D eigenvalue weighted by atomic mass is 9.90. The number of carbonyl (C=O) groups is 1. The minimum absolute atomic E-state index is 0.338. The number of hydrogen-bond acceptors (Lipinski definition) is 3. The summed E-state index contributed by atoms with van der Waals surface area (Å²) in [6.45, 7) is 7.99. The Morgan fingerprint density at radius 3 is 2.76 bits per heavy atom. The van der Waals surface area contributed by atoms with Gasteiger partial charge in [-0.15, -0.1) is 0 Å². The van der Waals surface area contributed by atoms with Crippen molar-refractivity contribution in [2.24, 2.45) is 5.92 Å². The molecule has 1 aliphatic rings. The molecule has 2 N–H and O–H groups in total. The van der Waals surface area contributed by atoms with Crippen LogP contribution in [0.4, 0.5) is 5.69 Å². The van der Waals surface area contributed by atoms with E-state index in [4.69, 9.17) is 5.11 Å². The first kappa shape index (κ1) is 15.8. The first-order chi connectivity index (χ1) is 10.1. The van der Waals surface area contributed by atoms with Gasteiger partial charge in [0.15, 0.2) is 0 Å². The maximum absolute atomic E-state index is 11.0. The molecule has 0 amide bonds. The number of rotatable bonds is 6. The molecule has 1 aliphatic heterocycles. The van der Waals surface area contributed by atoms with Crippen LogP contribution in [0, 0.1) is 5.92 Å². The summed E-state index contributed by atoms with van der Waals surface area (Å²) in [5, 5.41) is 12.5. The highest BCUT2D eigenvalue weighted by atomic mass is 16.4. The quantitative estimate of drug-likeness (QED) is 0.844. The minimum atomic E-state index is -0.876. The van der Waals surface area contributed by atoms with E-state index in [-0.39, 0.29) is 0 Å². The fourth-order valence-electron chi connectivity index (χ4n) is 3.12. The monoisotopic (exact) mass is 290 g/mol. The van der Waals surface area contributed by atoms with Crippen LogP contribution in [0.3, 0.4) is 0 Å². The molecule has 2 rings (SSSR count). The fraction of sp³-hybridized carbons (Fsp3) is 0.588. The molecule has 116 valence electrons. The summed E-state index contributed by atoms with van der Waals surface area (Å²) in [6.07, 6.45) is 3.65. The number of benzene rings is 1. The second kappa shape index (κ2) is 7.46. The lowest BCUT2D eigenvalue weighted by Gasteiger charge is -2.35. The van der Waals surface area contributed by atoms with Crippen LogP contribution in [0.25, 0.3) is 0 Å². The molecule has 1 fully saturated rings. The van der Waals surface area contributed by atoms with Gasteiger partial charge in [0.25, 0.3) is 0 Å². The Kier molecular flexibility index (Phi) is 5.62. The molecule has 1 saturated heterocycles. The summed E-state index contributed by atoms with van der Waals surface area (Å²) in [5.74, 6) is -0.217. The van der Waals surface area contributed by atoms with Crippen molar-refractivity contribution in [3.8, 4) is 0 Å². The van der Waals surface area contributed by atoms with E-state index in [0.29, 0.717) is 17.5 Å². The third kappa shape index (κ3) is 4.46. The lowest BCUT2D eigenvalue weighted by Crippen LogP contribution is -2.39. The van der Waals surface area contributed by atoms with Crippen molar-refractivity contribution in [1.29, 1.82) is 0 Å². The van der Waals surface area contributed by atoms with Crippen molar-refractivity contribution in [1.82, 2.24) is 4.90 Å². The lowest BCUT2D eigenvalue weighted by molar-refractivity contribution is 0.0697. The zero-order valence-corrected chi connectivity index (χ0v) is 13.0. The third-order valence-electron chi connectivity index (χ3n) is 4.38. The van der Waals surface area contributed by atoms with E-state index in [0.717, 1.165) is 5.69 Å². The van der Waals surface area contributed by atoms with E-state index < -0.39 is 5.97 Å². The first-order valence-electron chi connectivity index (χ1n) is 7.92. The van der Waals surface area contributed by atoms with Gasteiger partial charge >= 0.3 is 5.97 Å². The van der Waals surface area contributed by atoms with Crippen molar-refractivity contribution in [2.45, 2.75) is 39.2 Å². The zero-order chi connectivity index (χ0) is 15.2. The summed E-state index contributed by atoms with van der Waals surface area (Å²) in [7, 11) is 0. The molecular weight excluding hydrogens is 264 g/mol. The van der Waals surface area contributed by atoms with E-state index in [1.165, 1.54) is 38.9 Å².